The van der Waals surface area contributed by atoms with E-state index < -0.39 is 0 Å². The zero-order chi connectivity index (χ0) is 20.1. The van der Waals surface area contributed by atoms with Gasteiger partial charge in [0, 0.05) is 21.4 Å². The first-order valence-corrected chi connectivity index (χ1v) is 11.4. The van der Waals surface area contributed by atoms with Gasteiger partial charge in [-0.1, -0.05) is 54.6 Å². The number of nitrogens with one attached hydrogen (secondary N) is 1. The van der Waals surface area contributed by atoms with E-state index in [1.807, 2.05) is 42.0 Å². The predicted molar refractivity (Wildman–Crippen MR) is 123 cm³/mol. The van der Waals surface area contributed by atoms with E-state index in [4.69, 9.17) is 0 Å². The van der Waals surface area contributed by atoms with Gasteiger partial charge < -0.3 is 0 Å². The summed E-state index contributed by atoms with van der Waals surface area (Å²) in [4.78, 5) is 18.1. The van der Waals surface area contributed by atoms with Gasteiger partial charge in [-0.25, -0.2) is 4.98 Å². The number of amides is 1. The molecule has 144 valence electrons. The highest BCUT2D eigenvalue weighted by Crippen LogP contribution is 2.26. The van der Waals surface area contributed by atoms with E-state index in [2.05, 4.69) is 58.8 Å². The number of nitrogens with zero attached hydrogens (tertiary/aromatic N) is 1. The number of aromatic nitrogens is 1. The Morgan fingerprint density at radius 3 is 2.31 bits per heavy atom. The average Bonchev–Trinajstić information content (AvgIpc) is 3.23. The number of thioether (sulfide) groups is 1. The van der Waals surface area contributed by atoms with Crippen molar-refractivity contribution in [3.8, 4) is 11.3 Å². The summed E-state index contributed by atoms with van der Waals surface area (Å²) in [7, 11) is 0. The Morgan fingerprint density at radius 1 is 0.931 bits per heavy atom. The summed E-state index contributed by atoms with van der Waals surface area (Å²) in [6.07, 6.45) is 2.93. The molecule has 1 N–H and O–H groups in total. The van der Waals surface area contributed by atoms with Crippen LogP contribution in [0.5, 0.6) is 0 Å². The van der Waals surface area contributed by atoms with Crippen LogP contribution >= 0.6 is 23.1 Å². The van der Waals surface area contributed by atoms with Crippen LogP contribution in [-0.4, -0.2) is 17.1 Å². The zero-order valence-corrected chi connectivity index (χ0v) is 17.6. The van der Waals surface area contributed by atoms with Gasteiger partial charge in [0.2, 0.25) is 0 Å². The first kappa shape index (κ1) is 19.4. The number of hydrogen-bond donors (Lipinski definition) is 1. The lowest BCUT2D eigenvalue weighted by molar-refractivity contribution is 0.102. The molecule has 0 bridgehead atoms. The van der Waals surface area contributed by atoms with Gasteiger partial charge in [-0.2, -0.15) is 0 Å². The quantitative estimate of drug-likeness (QED) is 0.371. The molecule has 4 rings (SSSR count). The van der Waals surface area contributed by atoms with Crippen molar-refractivity contribution >= 4 is 34.1 Å². The predicted octanol–water partition coefficient (Wildman–Crippen LogP) is 6.38. The number of rotatable bonds is 6. The fourth-order valence-corrected chi connectivity index (χ4v) is 4.12. The second kappa shape index (κ2) is 9.07. The molecule has 0 unspecified atom stereocenters. The second-order valence-electron chi connectivity index (χ2n) is 6.58. The summed E-state index contributed by atoms with van der Waals surface area (Å²) in [5, 5.41) is 5.47. The van der Waals surface area contributed by atoms with Gasteiger partial charge in [0.25, 0.3) is 5.91 Å². The fourth-order valence-electron chi connectivity index (χ4n) is 3.00. The molecule has 0 spiro atoms. The molecule has 0 radical (unpaired) electrons. The number of carbonyl (C=O) groups is 1. The van der Waals surface area contributed by atoms with Gasteiger partial charge in [0.1, 0.15) is 0 Å². The molecular weight excluding hydrogens is 396 g/mol. The lowest BCUT2D eigenvalue weighted by Crippen LogP contribution is -2.11. The maximum Gasteiger partial charge on any atom is 0.257 e. The Bertz CT molecular complexity index is 1090. The minimum Gasteiger partial charge on any atom is -0.298 e. The first-order chi connectivity index (χ1) is 14.2. The lowest BCUT2D eigenvalue weighted by Gasteiger charge is -2.04. The highest BCUT2D eigenvalue weighted by Gasteiger charge is 2.10. The SMILES string of the molecule is CSc1ccc(C(=O)Nc2nc(-c3ccc(Cc4ccccc4)cc3)cs2)cc1. The van der Waals surface area contributed by atoms with Crippen LogP contribution in [0.25, 0.3) is 11.3 Å². The van der Waals surface area contributed by atoms with E-state index >= 15 is 0 Å². The van der Waals surface area contributed by atoms with Gasteiger partial charge in [0.05, 0.1) is 5.69 Å². The van der Waals surface area contributed by atoms with Crippen LogP contribution < -0.4 is 5.32 Å². The van der Waals surface area contributed by atoms with E-state index in [0.29, 0.717) is 10.7 Å². The topological polar surface area (TPSA) is 42.0 Å². The Balaban J connectivity index is 1.42. The monoisotopic (exact) mass is 416 g/mol. The van der Waals surface area contributed by atoms with Crippen molar-refractivity contribution in [1.82, 2.24) is 4.98 Å². The summed E-state index contributed by atoms with van der Waals surface area (Å²) in [6.45, 7) is 0. The summed E-state index contributed by atoms with van der Waals surface area (Å²) in [5.41, 5.74) is 5.10. The summed E-state index contributed by atoms with van der Waals surface area (Å²) in [5.74, 6) is -0.142. The number of thiazole rings is 1. The third-order valence-electron chi connectivity index (χ3n) is 4.58. The van der Waals surface area contributed by atoms with E-state index in [1.54, 1.807) is 11.8 Å². The molecule has 0 saturated heterocycles. The van der Waals surface area contributed by atoms with Crippen molar-refractivity contribution in [2.75, 3.05) is 11.6 Å². The molecule has 0 fully saturated rings. The van der Waals surface area contributed by atoms with Crippen LogP contribution in [0.15, 0.2) is 89.1 Å². The summed E-state index contributed by atoms with van der Waals surface area (Å²) >= 11 is 3.09. The number of hydrogen-bond acceptors (Lipinski definition) is 4. The van der Waals surface area contributed by atoms with Crippen molar-refractivity contribution in [2.24, 2.45) is 0 Å². The maximum atomic E-state index is 12.4. The van der Waals surface area contributed by atoms with Gasteiger partial charge in [-0.3, -0.25) is 10.1 Å². The Kier molecular flexibility index (Phi) is 6.08. The van der Waals surface area contributed by atoms with Crippen LogP contribution in [-0.2, 0) is 6.42 Å². The number of anilines is 1. The van der Waals surface area contributed by atoms with E-state index in [9.17, 15) is 4.79 Å². The molecule has 1 amide bonds. The molecule has 29 heavy (non-hydrogen) atoms. The molecule has 1 heterocycles. The molecule has 3 aromatic carbocycles. The highest BCUT2D eigenvalue weighted by atomic mass is 32.2. The van der Waals surface area contributed by atoms with Crippen LogP contribution in [0.1, 0.15) is 21.5 Å². The Hall–Kier alpha value is -2.89. The highest BCUT2D eigenvalue weighted by molar-refractivity contribution is 7.98. The van der Waals surface area contributed by atoms with Gasteiger partial charge >= 0.3 is 0 Å². The molecule has 0 aliphatic carbocycles. The van der Waals surface area contributed by atoms with Crippen LogP contribution in [0.2, 0.25) is 0 Å². The minimum absolute atomic E-state index is 0.142. The van der Waals surface area contributed by atoms with E-state index in [-0.39, 0.29) is 5.91 Å². The average molecular weight is 417 g/mol. The van der Waals surface area contributed by atoms with Crippen LogP contribution in [0.3, 0.4) is 0 Å². The van der Waals surface area contributed by atoms with Gasteiger partial charge in [-0.15, -0.1) is 23.1 Å². The van der Waals surface area contributed by atoms with Crippen molar-refractivity contribution in [3.63, 3.8) is 0 Å². The molecule has 1 aromatic heterocycles. The first-order valence-electron chi connectivity index (χ1n) is 9.25. The molecule has 0 aliphatic heterocycles. The molecule has 0 saturated carbocycles. The fraction of sp³-hybridized carbons (Fsp3) is 0.0833. The third-order valence-corrected chi connectivity index (χ3v) is 6.08. The van der Waals surface area contributed by atoms with Gasteiger partial charge in [0.15, 0.2) is 5.13 Å². The molecule has 3 nitrogen and oxygen atoms in total. The largest absolute Gasteiger partial charge is 0.298 e. The Labute approximate surface area is 178 Å². The summed E-state index contributed by atoms with van der Waals surface area (Å²) < 4.78 is 0. The number of benzene rings is 3. The summed E-state index contributed by atoms with van der Waals surface area (Å²) in [6, 6.07) is 26.4. The molecule has 0 aliphatic rings. The lowest BCUT2D eigenvalue weighted by atomic mass is 10.0. The maximum absolute atomic E-state index is 12.4. The van der Waals surface area contributed by atoms with E-state index in [0.717, 1.165) is 22.6 Å². The van der Waals surface area contributed by atoms with Crippen molar-refractivity contribution in [2.45, 2.75) is 11.3 Å². The molecular formula is C24H20N2OS2. The minimum atomic E-state index is -0.142. The third kappa shape index (κ3) is 4.94. The molecule has 4 aromatic rings. The van der Waals surface area contributed by atoms with Crippen LogP contribution in [0, 0.1) is 0 Å². The molecule has 0 atom stereocenters. The van der Waals surface area contributed by atoms with Gasteiger partial charge in [-0.05, 0) is 48.1 Å². The van der Waals surface area contributed by atoms with Crippen LogP contribution in [0.4, 0.5) is 5.13 Å². The second-order valence-corrected chi connectivity index (χ2v) is 8.32. The molecule has 5 heteroatoms. The van der Waals surface area contributed by atoms with Crippen molar-refractivity contribution in [3.05, 3.63) is 101 Å². The van der Waals surface area contributed by atoms with Crippen molar-refractivity contribution in [1.29, 1.82) is 0 Å². The smallest absolute Gasteiger partial charge is 0.257 e. The van der Waals surface area contributed by atoms with E-state index in [1.165, 1.54) is 22.5 Å². The van der Waals surface area contributed by atoms with Crippen molar-refractivity contribution < 1.29 is 4.79 Å². The number of carbonyl (C=O) groups excluding carboxylic acids is 1. The Morgan fingerprint density at radius 2 is 1.62 bits per heavy atom. The zero-order valence-electron chi connectivity index (χ0n) is 16.0. The standard InChI is InChI=1S/C24H20N2OS2/c1-28-21-13-11-20(12-14-21)23(27)26-24-25-22(16-29-24)19-9-7-18(8-10-19)15-17-5-3-2-4-6-17/h2-14,16H,15H2,1H3,(H,25,26,27). The normalized spacial score (nSPS) is 10.7.